The van der Waals surface area contributed by atoms with Gasteiger partial charge in [0.05, 0.1) is 18.0 Å². The van der Waals surface area contributed by atoms with Crippen molar-refractivity contribution in [2.45, 2.75) is 51.7 Å². The van der Waals surface area contributed by atoms with E-state index in [1.54, 1.807) is 16.8 Å². The molecule has 0 unspecified atom stereocenters. The van der Waals surface area contributed by atoms with Crippen molar-refractivity contribution in [3.05, 3.63) is 51.6 Å². The van der Waals surface area contributed by atoms with Gasteiger partial charge in [0, 0.05) is 37.5 Å². The second-order valence-corrected chi connectivity index (χ2v) is 8.86. The highest BCUT2D eigenvalue weighted by atomic mass is 16.6. The Labute approximate surface area is 191 Å². The molecule has 1 aliphatic heterocycles. The first kappa shape index (κ1) is 22.8. The van der Waals surface area contributed by atoms with E-state index in [0.29, 0.717) is 36.6 Å². The minimum absolute atomic E-state index is 0.181. The number of nitrogens with zero attached hydrogens (tertiary/aromatic N) is 2. The lowest BCUT2D eigenvalue weighted by molar-refractivity contribution is -0.0807. The number of amides is 1. The first-order chi connectivity index (χ1) is 15.7. The topological polar surface area (TPSA) is 122 Å². The van der Waals surface area contributed by atoms with Crippen LogP contribution in [0.3, 0.4) is 0 Å². The van der Waals surface area contributed by atoms with Gasteiger partial charge < -0.3 is 24.9 Å². The van der Waals surface area contributed by atoms with Gasteiger partial charge in [-0.05, 0) is 38.0 Å². The van der Waals surface area contributed by atoms with E-state index in [1.165, 1.54) is 6.07 Å². The molecule has 9 heteroatoms. The normalized spacial score (nSPS) is 16.9. The molecule has 1 atom stereocenters. The van der Waals surface area contributed by atoms with Crippen LogP contribution in [0, 0.1) is 0 Å². The zero-order valence-electron chi connectivity index (χ0n) is 19.4. The average molecular weight is 455 g/mol. The van der Waals surface area contributed by atoms with E-state index in [0.717, 1.165) is 29.5 Å². The lowest BCUT2D eigenvalue weighted by Gasteiger charge is -2.39. The van der Waals surface area contributed by atoms with Gasteiger partial charge in [0.25, 0.3) is 5.91 Å². The lowest BCUT2D eigenvalue weighted by atomic mass is 9.90. The Balaban J connectivity index is 1.45. The van der Waals surface area contributed by atoms with Crippen LogP contribution in [0.2, 0.25) is 0 Å². The number of aryl methyl sites for hydroxylation is 1. The van der Waals surface area contributed by atoms with Gasteiger partial charge in [0.2, 0.25) is 0 Å². The number of anilines is 1. The van der Waals surface area contributed by atoms with Gasteiger partial charge in [-0.3, -0.25) is 9.48 Å². The van der Waals surface area contributed by atoms with Gasteiger partial charge in [-0.2, -0.15) is 5.10 Å². The Morgan fingerprint density at radius 2 is 2.15 bits per heavy atom. The molecule has 1 aliphatic rings. The summed E-state index contributed by atoms with van der Waals surface area (Å²) in [6, 6.07) is 6.91. The van der Waals surface area contributed by atoms with Crippen LogP contribution in [0.25, 0.3) is 11.0 Å². The number of nitrogens with one attached hydrogen (secondary N) is 1. The number of rotatable bonds is 8. The van der Waals surface area contributed by atoms with Crippen LogP contribution in [0.1, 0.15) is 48.9 Å². The fourth-order valence-corrected chi connectivity index (χ4v) is 4.27. The Hall–Kier alpha value is -3.33. The Morgan fingerprint density at radius 1 is 1.36 bits per heavy atom. The molecule has 0 radical (unpaired) electrons. The highest BCUT2D eigenvalue weighted by molar-refractivity contribution is 5.97. The maximum atomic E-state index is 11.8. The number of aromatic nitrogens is 2. The zero-order chi connectivity index (χ0) is 23.8. The largest absolute Gasteiger partial charge is 0.485 e. The summed E-state index contributed by atoms with van der Waals surface area (Å²) in [5, 5.41) is 8.40. The van der Waals surface area contributed by atoms with E-state index >= 15 is 0 Å². The van der Waals surface area contributed by atoms with E-state index in [4.69, 9.17) is 19.6 Å². The van der Waals surface area contributed by atoms with Crippen LogP contribution in [0.4, 0.5) is 5.69 Å². The van der Waals surface area contributed by atoms with Crippen molar-refractivity contribution in [2.75, 3.05) is 18.5 Å². The molecule has 2 aromatic heterocycles. The molecule has 0 fully saturated rings. The zero-order valence-corrected chi connectivity index (χ0v) is 19.4. The first-order valence-corrected chi connectivity index (χ1v) is 11.2. The van der Waals surface area contributed by atoms with Crippen molar-refractivity contribution in [1.82, 2.24) is 9.78 Å². The number of ether oxygens (including phenoxy) is 2. The molecule has 176 valence electrons. The third kappa shape index (κ3) is 4.59. The number of primary amides is 1. The SMILES string of the molecule is CCCc1c(NCCO[C@H]2Cc3cc4ccc(=O)oc4cc3OC2(C)C)c(C(N)=O)nn1C. The second kappa shape index (κ2) is 8.90. The number of fused-ring (bicyclic) bond motifs is 2. The van der Waals surface area contributed by atoms with Crippen molar-refractivity contribution < 1.29 is 18.7 Å². The number of carbonyl (C=O) groups excluding carboxylic acids is 1. The first-order valence-electron chi connectivity index (χ1n) is 11.2. The molecule has 1 aromatic carbocycles. The summed E-state index contributed by atoms with van der Waals surface area (Å²) in [5.74, 6) is 0.142. The van der Waals surface area contributed by atoms with Gasteiger partial charge in [0.15, 0.2) is 5.69 Å². The predicted molar refractivity (Wildman–Crippen MR) is 125 cm³/mol. The molecule has 0 saturated heterocycles. The fraction of sp³-hybridized carbons (Fsp3) is 0.458. The summed E-state index contributed by atoms with van der Waals surface area (Å²) in [7, 11) is 1.81. The molecule has 0 saturated carbocycles. The van der Waals surface area contributed by atoms with Crippen LogP contribution in [0.15, 0.2) is 33.5 Å². The number of hydrogen-bond donors (Lipinski definition) is 2. The molecule has 9 nitrogen and oxygen atoms in total. The number of benzene rings is 1. The van der Waals surface area contributed by atoms with Crippen molar-refractivity contribution in [1.29, 1.82) is 0 Å². The van der Waals surface area contributed by atoms with Gasteiger partial charge in [0.1, 0.15) is 23.0 Å². The van der Waals surface area contributed by atoms with Crippen LogP contribution < -0.4 is 21.4 Å². The highest BCUT2D eigenvalue weighted by Gasteiger charge is 2.38. The molecule has 3 heterocycles. The van der Waals surface area contributed by atoms with Crippen molar-refractivity contribution in [3.8, 4) is 5.75 Å². The van der Waals surface area contributed by atoms with Crippen LogP contribution >= 0.6 is 0 Å². The minimum Gasteiger partial charge on any atom is -0.485 e. The molecule has 3 N–H and O–H groups in total. The van der Waals surface area contributed by atoms with E-state index in [9.17, 15) is 9.59 Å². The van der Waals surface area contributed by atoms with E-state index in [2.05, 4.69) is 17.3 Å². The summed E-state index contributed by atoms with van der Waals surface area (Å²) < 4.78 is 19.4. The predicted octanol–water partition coefficient (Wildman–Crippen LogP) is 2.79. The van der Waals surface area contributed by atoms with Crippen LogP contribution in [-0.4, -0.2) is 40.5 Å². The molecular formula is C24H30N4O5. The second-order valence-electron chi connectivity index (χ2n) is 8.86. The maximum Gasteiger partial charge on any atom is 0.336 e. The molecule has 0 aliphatic carbocycles. The van der Waals surface area contributed by atoms with Gasteiger partial charge in [-0.1, -0.05) is 13.3 Å². The third-order valence-electron chi connectivity index (χ3n) is 5.97. The lowest BCUT2D eigenvalue weighted by Crippen LogP contribution is -2.48. The molecule has 33 heavy (non-hydrogen) atoms. The smallest absolute Gasteiger partial charge is 0.336 e. The summed E-state index contributed by atoms with van der Waals surface area (Å²) in [6.07, 6.45) is 2.19. The van der Waals surface area contributed by atoms with Gasteiger partial charge in [-0.25, -0.2) is 4.79 Å². The molecule has 0 bridgehead atoms. The number of carbonyl (C=O) groups is 1. The quantitative estimate of drug-likeness (QED) is 0.396. The Bertz CT molecular complexity index is 1240. The van der Waals surface area contributed by atoms with Crippen LogP contribution in [0.5, 0.6) is 5.75 Å². The third-order valence-corrected chi connectivity index (χ3v) is 5.97. The standard InChI is InChI=1S/C24H30N4O5/c1-5-6-16-21(22(23(25)30)27-28(16)4)26-9-10-31-19-12-15-11-14-7-8-20(29)32-17(14)13-18(15)33-24(19,2)3/h7-8,11,13,19,26H,5-6,9-10,12H2,1-4H3,(H2,25,30)/t19-/m0/s1. The highest BCUT2D eigenvalue weighted by Crippen LogP contribution is 2.37. The van der Waals surface area contributed by atoms with Crippen molar-refractivity contribution in [2.24, 2.45) is 12.8 Å². The maximum absolute atomic E-state index is 11.8. The summed E-state index contributed by atoms with van der Waals surface area (Å²) in [6.45, 7) is 6.93. The molecular weight excluding hydrogens is 424 g/mol. The molecule has 4 rings (SSSR count). The molecule has 1 amide bonds. The van der Waals surface area contributed by atoms with Gasteiger partial charge >= 0.3 is 5.63 Å². The van der Waals surface area contributed by atoms with Crippen molar-refractivity contribution in [3.63, 3.8) is 0 Å². The minimum atomic E-state index is -0.574. The summed E-state index contributed by atoms with van der Waals surface area (Å²) in [5.41, 5.74) is 7.93. The van der Waals surface area contributed by atoms with Crippen LogP contribution in [-0.2, 0) is 24.6 Å². The average Bonchev–Trinajstić information content (AvgIpc) is 3.06. The summed E-state index contributed by atoms with van der Waals surface area (Å²) >= 11 is 0. The van der Waals surface area contributed by atoms with Crippen molar-refractivity contribution >= 4 is 22.6 Å². The molecule has 3 aromatic rings. The Morgan fingerprint density at radius 3 is 2.88 bits per heavy atom. The van der Waals surface area contributed by atoms with E-state index < -0.39 is 11.5 Å². The van der Waals surface area contributed by atoms with Gasteiger partial charge in [-0.15, -0.1) is 0 Å². The van der Waals surface area contributed by atoms with E-state index in [1.807, 2.05) is 27.0 Å². The van der Waals surface area contributed by atoms with E-state index in [-0.39, 0.29) is 17.4 Å². The summed E-state index contributed by atoms with van der Waals surface area (Å²) in [4.78, 5) is 23.4. The number of hydrogen-bond acceptors (Lipinski definition) is 7. The monoisotopic (exact) mass is 454 g/mol. The fourth-order valence-electron chi connectivity index (χ4n) is 4.27. The Kier molecular flexibility index (Phi) is 6.16. The molecule has 0 spiro atoms. The number of nitrogens with two attached hydrogens (primary N) is 1.